The summed E-state index contributed by atoms with van der Waals surface area (Å²) in [7, 11) is 0. The summed E-state index contributed by atoms with van der Waals surface area (Å²) in [5, 5.41) is 2.66. The quantitative estimate of drug-likeness (QED) is 0.595. The number of hydrogen-bond acceptors (Lipinski definition) is 8. The van der Waals surface area contributed by atoms with Crippen LogP contribution >= 0.6 is 23.1 Å². The third-order valence-corrected chi connectivity index (χ3v) is 8.26. The Labute approximate surface area is 199 Å². The first kappa shape index (κ1) is 23.3. The van der Waals surface area contributed by atoms with Crippen LogP contribution in [0.5, 0.6) is 0 Å². The Morgan fingerprint density at radius 3 is 2.70 bits per heavy atom. The molecule has 0 spiro atoms. The molecule has 2 saturated heterocycles. The van der Waals surface area contributed by atoms with Crippen LogP contribution in [0.2, 0.25) is 0 Å². The predicted octanol–water partition coefficient (Wildman–Crippen LogP) is 3.53. The fourth-order valence-electron chi connectivity index (χ4n) is 3.99. The molecule has 0 unspecified atom stereocenters. The zero-order valence-electron chi connectivity index (χ0n) is 18.3. The molecule has 10 heteroatoms. The van der Waals surface area contributed by atoms with E-state index < -0.39 is 30.5 Å². The minimum Gasteiger partial charge on any atom is -0.462 e. The second kappa shape index (κ2) is 9.56. The largest absolute Gasteiger partial charge is 0.462 e. The van der Waals surface area contributed by atoms with Gasteiger partial charge in [-0.1, -0.05) is 30.3 Å². The number of hydrogen-bond donors (Lipinski definition) is 1. The van der Waals surface area contributed by atoms with E-state index in [4.69, 9.17) is 9.47 Å². The van der Waals surface area contributed by atoms with E-state index in [9.17, 15) is 19.2 Å². The van der Waals surface area contributed by atoms with E-state index in [-0.39, 0.29) is 22.3 Å². The van der Waals surface area contributed by atoms with Crippen molar-refractivity contribution in [3.05, 3.63) is 41.3 Å². The lowest BCUT2D eigenvalue weighted by Gasteiger charge is -2.29. The number of nitrogens with one attached hydrogen (secondary N) is 1. The van der Waals surface area contributed by atoms with Crippen LogP contribution in [0.15, 0.2) is 36.4 Å². The fraction of sp³-hybridized carbons (Fsp3) is 0.391. The molecule has 2 amide bonds. The van der Waals surface area contributed by atoms with Crippen LogP contribution in [0, 0.1) is 0 Å². The molecule has 3 heterocycles. The molecule has 2 fully saturated rings. The van der Waals surface area contributed by atoms with Gasteiger partial charge in [-0.3, -0.25) is 9.59 Å². The molecule has 8 nitrogen and oxygen atoms in total. The maximum atomic E-state index is 12.6. The first-order valence-corrected chi connectivity index (χ1v) is 12.4. The summed E-state index contributed by atoms with van der Waals surface area (Å²) in [4.78, 5) is 52.0. The number of nitrogens with zero attached hydrogens (tertiary/aromatic N) is 1. The number of carbonyl (C=O) groups excluding carboxylic acids is 4. The van der Waals surface area contributed by atoms with Crippen molar-refractivity contribution in [2.24, 2.45) is 0 Å². The third kappa shape index (κ3) is 4.77. The zero-order valence-corrected chi connectivity index (χ0v) is 19.9. The van der Waals surface area contributed by atoms with E-state index in [0.717, 1.165) is 10.4 Å². The average Bonchev–Trinajstić information content (AvgIpc) is 3.46. The van der Waals surface area contributed by atoms with E-state index in [2.05, 4.69) is 5.32 Å². The highest BCUT2D eigenvalue weighted by molar-refractivity contribution is 8.01. The van der Waals surface area contributed by atoms with E-state index in [1.807, 2.05) is 37.3 Å². The summed E-state index contributed by atoms with van der Waals surface area (Å²) >= 11 is 2.77. The van der Waals surface area contributed by atoms with Crippen LogP contribution in [0.3, 0.4) is 0 Å². The molecule has 0 aliphatic carbocycles. The zero-order chi connectivity index (χ0) is 23.6. The first-order chi connectivity index (χ1) is 15.8. The highest BCUT2D eigenvalue weighted by Gasteiger charge is 2.53. The molecule has 2 aliphatic rings. The molecule has 2 atom stereocenters. The molecule has 4 rings (SSSR count). The predicted molar refractivity (Wildman–Crippen MR) is 126 cm³/mol. The number of carbonyl (C=O) groups is 4. The molecular weight excluding hydrogens is 464 g/mol. The molecule has 0 radical (unpaired) electrons. The van der Waals surface area contributed by atoms with Gasteiger partial charge in [0.15, 0.2) is 6.61 Å². The number of esters is 2. The van der Waals surface area contributed by atoms with E-state index in [1.165, 1.54) is 11.3 Å². The molecule has 1 N–H and O–H groups in total. The van der Waals surface area contributed by atoms with Gasteiger partial charge in [-0.2, -0.15) is 0 Å². The molecule has 33 heavy (non-hydrogen) atoms. The molecule has 1 aromatic carbocycles. The SMILES string of the molecule is CCOC(=O)c1sc(-c2ccccc2)cc1NC(=O)COC(=O)[C@H]1CS[C@]2(C)CCC(=O)N12. The minimum absolute atomic E-state index is 0.0697. The number of amides is 2. The van der Waals surface area contributed by atoms with Crippen molar-refractivity contribution in [2.75, 3.05) is 24.3 Å². The number of thiophene rings is 1. The minimum atomic E-state index is -0.691. The molecule has 2 aliphatic heterocycles. The van der Waals surface area contributed by atoms with Crippen molar-refractivity contribution in [1.29, 1.82) is 0 Å². The number of thioether (sulfide) groups is 1. The molecular formula is C23H24N2O6S2. The maximum absolute atomic E-state index is 12.6. The van der Waals surface area contributed by atoms with E-state index in [0.29, 0.717) is 24.3 Å². The Bertz CT molecular complexity index is 1090. The molecule has 1 aromatic heterocycles. The number of anilines is 1. The molecule has 174 valence electrons. The highest BCUT2D eigenvalue weighted by atomic mass is 32.2. The van der Waals surface area contributed by atoms with Crippen molar-refractivity contribution >= 4 is 52.5 Å². The van der Waals surface area contributed by atoms with Crippen LogP contribution < -0.4 is 5.32 Å². The number of benzene rings is 1. The smallest absolute Gasteiger partial charge is 0.350 e. The topological polar surface area (TPSA) is 102 Å². The number of fused-ring (bicyclic) bond motifs is 1. The second-order valence-electron chi connectivity index (χ2n) is 7.86. The lowest BCUT2D eigenvalue weighted by molar-refractivity contribution is -0.155. The van der Waals surface area contributed by atoms with Gasteiger partial charge >= 0.3 is 11.9 Å². The van der Waals surface area contributed by atoms with Crippen molar-refractivity contribution < 1.29 is 28.7 Å². The summed E-state index contributed by atoms with van der Waals surface area (Å²) in [6.07, 6.45) is 1.10. The fourth-order valence-corrected chi connectivity index (χ4v) is 6.42. The van der Waals surface area contributed by atoms with Crippen molar-refractivity contribution in [3.8, 4) is 10.4 Å². The Morgan fingerprint density at radius 1 is 1.21 bits per heavy atom. The average molecular weight is 489 g/mol. The molecule has 0 saturated carbocycles. The van der Waals surface area contributed by atoms with Gasteiger partial charge in [0, 0.05) is 17.1 Å². The molecule has 0 bridgehead atoms. The van der Waals surface area contributed by atoms with Crippen molar-refractivity contribution in [3.63, 3.8) is 0 Å². The van der Waals surface area contributed by atoms with Gasteiger partial charge in [0.05, 0.1) is 17.2 Å². The summed E-state index contributed by atoms with van der Waals surface area (Å²) < 4.78 is 10.3. The monoisotopic (exact) mass is 488 g/mol. The van der Waals surface area contributed by atoms with Gasteiger partial charge in [0.2, 0.25) is 5.91 Å². The second-order valence-corrected chi connectivity index (χ2v) is 10.4. The van der Waals surface area contributed by atoms with Gasteiger partial charge in [-0.15, -0.1) is 23.1 Å². The van der Waals surface area contributed by atoms with Gasteiger partial charge < -0.3 is 19.7 Å². The Hall–Kier alpha value is -2.85. The Balaban J connectivity index is 1.42. The summed E-state index contributed by atoms with van der Waals surface area (Å²) in [6.45, 7) is 3.34. The summed E-state index contributed by atoms with van der Waals surface area (Å²) in [6, 6.07) is 10.5. The lowest BCUT2D eigenvalue weighted by atomic mass is 10.2. The maximum Gasteiger partial charge on any atom is 0.350 e. The van der Waals surface area contributed by atoms with Crippen molar-refractivity contribution in [2.45, 2.75) is 37.6 Å². The van der Waals surface area contributed by atoms with E-state index in [1.54, 1.807) is 29.7 Å². The first-order valence-electron chi connectivity index (χ1n) is 10.6. The van der Waals surface area contributed by atoms with E-state index >= 15 is 0 Å². The number of ether oxygens (including phenoxy) is 2. The normalized spacial score (nSPS) is 21.6. The van der Waals surface area contributed by atoms with Gasteiger partial charge in [0.1, 0.15) is 10.9 Å². The number of rotatable bonds is 7. The lowest BCUT2D eigenvalue weighted by Crippen LogP contribution is -2.47. The Morgan fingerprint density at radius 2 is 1.97 bits per heavy atom. The summed E-state index contributed by atoms with van der Waals surface area (Å²) in [5.74, 6) is -1.34. The molecule has 2 aromatic rings. The van der Waals surface area contributed by atoms with Crippen LogP contribution in [-0.2, 0) is 23.9 Å². The van der Waals surface area contributed by atoms with Crippen LogP contribution in [0.1, 0.15) is 36.4 Å². The highest BCUT2D eigenvalue weighted by Crippen LogP contribution is 2.47. The van der Waals surface area contributed by atoms with Crippen LogP contribution in [0.4, 0.5) is 5.69 Å². The third-order valence-electron chi connectivity index (χ3n) is 5.59. The van der Waals surface area contributed by atoms with Gasteiger partial charge in [-0.25, -0.2) is 9.59 Å². The van der Waals surface area contributed by atoms with Crippen molar-refractivity contribution in [1.82, 2.24) is 4.90 Å². The van der Waals surface area contributed by atoms with Crippen LogP contribution in [0.25, 0.3) is 10.4 Å². The van der Waals surface area contributed by atoms with Gasteiger partial charge in [0.25, 0.3) is 5.91 Å². The Kier molecular flexibility index (Phi) is 6.76. The van der Waals surface area contributed by atoms with Gasteiger partial charge in [-0.05, 0) is 31.9 Å². The standard InChI is InChI=1S/C23H24N2O6S2/c1-3-30-22(29)20-15(11-17(33-20)14-7-5-4-6-8-14)24-18(26)12-31-21(28)16-13-32-23(2)10-9-19(27)25(16)23/h4-8,11,16H,3,9-10,12-13H2,1-2H3,(H,24,26)/t16-,23-/m1/s1. The summed E-state index contributed by atoms with van der Waals surface area (Å²) in [5.41, 5.74) is 1.20. The van der Waals surface area contributed by atoms with Crippen LogP contribution in [-0.4, -0.2) is 58.5 Å².